The Morgan fingerprint density at radius 3 is 2.27 bits per heavy atom. The van der Waals surface area contributed by atoms with Gasteiger partial charge in [0.2, 0.25) is 0 Å². The van der Waals surface area contributed by atoms with Gasteiger partial charge in [0.15, 0.2) is 0 Å². The molecule has 0 bridgehead atoms. The van der Waals surface area contributed by atoms with Crippen molar-refractivity contribution in [1.29, 1.82) is 5.41 Å². The number of para-hydroxylation sites is 1. The third-order valence-electron chi connectivity index (χ3n) is 1.49. The normalized spacial score (nSPS) is 9.93. The van der Waals surface area contributed by atoms with Crippen LogP contribution in [0, 0.1) is 5.41 Å². The van der Waals surface area contributed by atoms with E-state index in [0.29, 0.717) is 0 Å². The summed E-state index contributed by atoms with van der Waals surface area (Å²) < 4.78 is 0. The molecule has 15 heavy (non-hydrogen) atoms. The summed E-state index contributed by atoms with van der Waals surface area (Å²) in [6.07, 6.45) is 1.58. The number of nitrogens with two attached hydrogens (primary N) is 1. The van der Waals surface area contributed by atoms with Crippen LogP contribution in [0.5, 0.6) is 0 Å². The monoisotopic (exact) mass is 205 g/mol. The molecule has 0 aromatic heterocycles. The minimum absolute atomic E-state index is 0.0564. The Bertz CT molecular complexity index is 315. The second-order valence-corrected chi connectivity index (χ2v) is 2.77. The van der Waals surface area contributed by atoms with Gasteiger partial charge in [-0.25, -0.2) is 0 Å². The predicted octanol–water partition coefficient (Wildman–Crippen LogP) is 2.96. The molecule has 0 fully saturated rings. The SMILES string of the molecule is C/C(=C/C(=N)N)Nc1ccccc1.CC. The Hall–Kier alpha value is -1.77. The molecule has 0 saturated heterocycles. The van der Waals surface area contributed by atoms with E-state index in [1.54, 1.807) is 6.08 Å². The molecule has 3 nitrogen and oxygen atoms in total. The van der Waals surface area contributed by atoms with Crippen molar-refractivity contribution in [2.24, 2.45) is 5.73 Å². The molecule has 0 atom stereocenters. The third kappa shape index (κ3) is 6.32. The van der Waals surface area contributed by atoms with E-state index in [-0.39, 0.29) is 5.84 Å². The Kier molecular flexibility index (Phi) is 6.72. The lowest BCUT2D eigenvalue weighted by Crippen LogP contribution is -2.08. The highest BCUT2D eigenvalue weighted by Gasteiger charge is 1.90. The number of rotatable bonds is 3. The van der Waals surface area contributed by atoms with Crippen LogP contribution in [0.2, 0.25) is 0 Å². The molecule has 0 heterocycles. The molecule has 0 aliphatic rings. The molecular formula is C12H19N3. The van der Waals surface area contributed by atoms with Crippen LogP contribution in [0.3, 0.4) is 0 Å². The van der Waals surface area contributed by atoms with E-state index in [1.807, 2.05) is 51.1 Å². The van der Waals surface area contributed by atoms with E-state index in [4.69, 9.17) is 11.1 Å². The highest BCUT2D eigenvalue weighted by molar-refractivity contribution is 5.89. The van der Waals surface area contributed by atoms with Gasteiger partial charge in [0.25, 0.3) is 0 Å². The minimum Gasteiger partial charge on any atom is -0.384 e. The molecule has 4 N–H and O–H groups in total. The standard InChI is InChI=1S/C10H13N3.C2H6/c1-8(7-10(11)12)13-9-5-3-2-4-6-9;1-2/h2-7,13H,1H3,(H3,11,12);1-2H3/b8-7-;. The Morgan fingerprint density at radius 2 is 1.80 bits per heavy atom. The molecule has 1 aromatic rings. The Balaban J connectivity index is 0.000000921. The van der Waals surface area contributed by atoms with Crippen LogP contribution in [0.15, 0.2) is 42.1 Å². The topological polar surface area (TPSA) is 61.9 Å². The fraction of sp³-hybridized carbons (Fsp3) is 0.250. The smallest absolute Gasteiger partial charge is 0.117 e. The van der Waals surface area contributed by atoms with Gasteiger partial charge in [0.1, 0.15) is 5.84 Å². The largest absolute Gasteiger partial charge is 0.384 e. The summed E-state index contributed by atoms with van der Waals surface area (Å²) in [4.78, 5) is 0. The van der Waals surface area contributed by atoms with Crippen LogP contribution >= 0.6 is 0 Å². The van der Waals surface area contributed by atoms with Gasteiger partial charge in [-0.2, -0.15) is 0 Å². The first-order chi connectivity index (χ1) is 7.18. The molecule has 0 radical (unpaired) electrons. The van der Waals surface area contributed by atoms with Crippen LogP contribution in [0.4, 0.5) is 5.69 Å². The Labute approximate surface area is 91.5 Å². The molecular weight excluding hydrogens is 186 g/mol. The quantitative estimate of drug-likeness (QED) is 0.524. The summed E-state index contributed by atoms with van der Waals surface area (Å²) in [6, 6.07) is 9.76. The predicted molar refractivity (Wildman–Crippen MR) is 67.1 cm³/mol. The zero-order valence-electron chi connectivity index (χ0n) is 9.54. The summed E-state index contributed by atoms with van der Waals surface area (Å²) >= 11 is 0. The highest BCUT2D eigenvalue weighted by Crippen LogP contribution is 2.07. The van der Waals surface area contributed by atoms with Crippen LogP contribution < -0.4 is 11.1 Å². The van der Waals surface area contributed by atoms with Crippen molar-refractivity contribution in [2.75, 3.05) is 5.32 Å². The molecule has 0 aliphatic carbocycles. The summed E-state index contributed by atoms with van der Waals surface area (Å²) in [5.41, 5.74) is 7.07. The summed E-state index contributed by atoms with van der Waals surface area (Å²) in [7, 11) is 0. The number of amidine groups is 1. The van der Waals surface area contributed by atoms with Crippen molar-refractivity contribution in [3.63, 3.8) is 0 Å². The third-order valence-corrected chi connectivity index (χ3v) is 1.49. The van der Waals surface area contributed by atoms with Gasteiger partial charge in [-0.15, -0.1) is 0 Å². The second-order valence-electron chi connectivity index (χ2n) is 2.77. The van der Waals surface area contributed by atoms with Gasteiger partial charge in [0, 0.05) is 11.4 Å². The van der Waals surface area contributed by atoms with Crippen molar-refractivity contribution in [2.45, 2.75) is 20.8 Å². The molecule has 3 heteroatoms. The molecule has 1 rings (SSSR count). The minimum atomic E-state index is 0.0564. The zero-order valence-corrected chi connectivity index (χ0v) is 9.54. The molecule has 1 aromatic carbocycles. The van der Waals surface area contributed by atoms with Gasteiger partial charge in [-0.1, -0.05) is 32.0 Å². The zero-order chi connectivity index (χ0) is 11.7. The first-order valence-corrected chi connectivity index (χ1v) is 5.03. The van der Waals surface area contributed by atoms with Crippen LogP contribution in [0.25, 0.3) is 0 Å². The number of hydrogen-bond acceptors (Lipinski definition) is 2. The van der Waals surface area contributed by atoms with Gasteiger partial charge < -0.3 is 11.1 Å². The van der Waals surface area contributed by atoms with Gasteiger partial charge in [0.05, 0.1) is 0 Å². The lowest BCUT2D eigenvalue weighted by molar-refractivity contribution is 1.36. The number of allylic oxidation sites excluding steroid dienone is 1. The lowest BCUT2D eigenvalue weighted by Gasteiger charge is -2.05. The maximum atomic E-state index is 7.05. The number of nitrogens with one attached hydrogen (secondary N) is 2. The van der Waals surface area contributed by atoms with E-state index >= 15 is 0 Å². The number of benzene rings is 1. The van der Waals surface area contributed by atoms with Crippen molar-refractivity contribution in [3.05, 3.63) is 42.1 Å². The maximum absolute atomic E-state index is 7.05. The average Bonchev–Trinajstić information content (AvgIpc) is 2.21. The van der Waals surface area contributed by atoms with Crippen LogP contribution in [0.1, 0.15) is 20.8 Å². The maximum Gasteiger partial charge on any atom is 0.117 e. The van der Waals surface area contributed by atoms with Crippen molar-refractivity contribution in [3.8, 4) is 0 Å². The first-order valence-electron chi connectivity index (χ1n) is 5.03. The average molecular weight is 205 g/mol. The Morgan fingerprint density at radius 1 is 1.27 bits per heavy atom. The van der Waals surface area contributed by atoms with Crippen molar-refractivity contribution < 1.29 is 0 Å². The number of hydrogen-bond donors (Lipinski definition) is 3. The molecule has 0 unspecified atom stereocenters. The molecule has 0 aliphatic heterocycles. The van der Waals surface area contributed by atoms with E-state index < -0.39 is 0 Å². The van der Waals surface area contributed by atoms with E-state index in [1.165, 1.54) is 0 Å². The fourth-order valence-electron chi connectivity index (χ4n) is 1.02. The molecule has 82 valence electrons. The fourth-order valence-corrected chi connectivity index (χ4v) is 1.02. The summed E-state index contributed by atoms with van der Waals surface area (Å²) in [6.45, 7) is 5.87. The van der Waals surface area contributed by atoms with Gasteiger partial charge in [-0.05, 0) is 25.1 Å². The van der Waals surface area contributed by atoms with E-state index in [9.17, 15) is 0 Å². The molecule has 0 amide bonds. The van der Waals surface area contributed by atoms with Gasteiger partial charge in [-0.3, -0.25) is 5.41 Å². The van der Waals surface area contributed by atoms with Crippen molar-refractivity contribution in [1.82, 2.24) is 0 Å². The molecule has 0 saturated carbocycles. The molecule has 0 spiro atoms. The first kappa shape index (κ1) is 13.2. The van der Waals surface area contributed by atoms with Gasteiger partial charge >= 0.3 is 0 Å². The highest BCUT2D eigenvalue weighted by atomic mass is 14.9. The lowest BCUT2D eigenvalue weighted by atomic mass is 10.3. The number of anilines is 1. The second kappa shape index (κ2) is 7.62. The van der Waals surface area contributed by atoms with Crippen LogP contribution in [-0.4, -0.2) is 5.84 Å². The summed E-state index contributed by atoms with van der Waals surface area (Å²) in [5.74, 6) is 0.0564. The van der Waals surface area contributed by atoms with Crippen molar-refractivity contribution >= 4 is 11.5 Å². The summed E-state index contributed by atoms with van der Waals surface area (Å²) in [5, 5.41) is 10.2. The van der Waals surface area contributed by atoms with E-state index in [0.717, 1.165) is 11.4 Å². The van der Waals surface area contributed by atoms with E-state index in [2.05, 4.69) is 5.32 Å². The van der Waals surface area contributed by atoms with Crippen LogP contribution in [-0.2, 0) is 0 Å².